The van der Waals surface area contributed by atoms with E-state index in [2.05, 4.69) is 9.72 Å². The zero-order valence-electron chi connectivity index (χ0n) is 12.6. The Hall–Kier alpha value is -3.78. The number of rotatable bonds is 4. The van der Waals surface area contributed by atoms with Crippen molar-refractivity contribution in [1.29, 1.82) is 10.5 Å². The van der Waals surface area contributed by atoms with Crippen LogP contribution in [-0.4, -0.2) is 24.7 Å². The molecule has 2 aromatic rings. The number of pyridine rings is 1. The van der Waals surface area contributed by atoms with Gasteiger partial charge >= 0.3 is 5.97 Å². The minimum absolute atomic E-state index is 0.0173. The number of anilines is 1. The molecule has 2 rings (SSSR count). The van der Waals surface area contributed by atoms with Crippen LogP contribution in [0, 0.1) is 22.7 Å². The monoisotopic (exact) mass is 324 g/mol. The Labute approximate surface area is 136 Å². The number of nitrogen functional groups attached to an aromatic ring is 1. The number of nitriles is 2. The number of benzene rings is 1. The first-order valence-electron chi connectivity index (χ1n) is 6.67. The van der Waals surface area contributed by atoms with Crippen LogP contribution in [-0.2, 0) is 9.53 Å². The van der Waals surface area contributed by atoms with Crippen molar-refractivity contribution in [2.45, 2.75) is 0 Å². The number of esters is 1. The number of H-pyrrole nitrogens is 1. The third kappa shape index (κ3) is 3.18. The molecule has 0 fully saturated rings. The van der Waals surface area contributed by atoms with Gasteiger partial charge in [-0.15, -0.1) is 0 Å². The number of nitrogens with zero attached hydrogens (tertiary/aromatic N) is 2. The predicted molar refractivity (Wildman–Crippen MR) is 83.9 cm³/mol. The molecular formula is C16H12N4O4. The van der Waals surface area contributed by atoms with E-state index >= 15 is 0 Å². The molecule has 0 unspecified atom stereocenters. The Balaban J connectivity index is 2.57. The Kier molecular flexibility index (Phi) is 4.83. The summed E-state index contributed by atoms with van der Waals surface area (Å²) in [5.74, 6) is -0.377. The molecule has 8 nitrogen and oxygen atoms in total. The van der Waals surface area contributed by atoms with E-state index in [1.54, 1.807) is 24.3 Å². The number of hydrogen-bond donors (Lipinski definition) is 2. The molecule has 0 aliphatic rings. The predicted octanol–water partition coefficient (Wildman–Crippen LogP) is 0.919. The van der Waals surface area contributed by atoms with Gasteiger partial charge in [0.05, 0.1) is 7.11 Å². The van der Waals surface area contributed by atoms with E-state index in [0.29, 0.717) is 11.3 Å². The molecule has 1 aromatic carbocycles. The first-order valence-corrected chi connectivity index (χ1v) is 6.67. The van der Waals surface area contributed by atoms with Crippen LogP contribution in [0.4, 0.5) is 5.82 Å². The summed E-state index contributed by atoms with van der Waals surface area (Å²) in [6, 6.07) is 9.94. The summed E-state index contributed by atoms with van der Waals surface area (Å²) in [6.07, 6.45) is 0. The van der Waals surface area contributed by atoms with Gasteiger partial charge in [-0.25, -0.2) is 4.79 Å². The molecule has 0 aliphatic carbocycles. The highest BCUT2D eigenvalue weighted by Crippen LogP contribution is 2.30. The first-order chi connectivity index (χ1) is 11.5. The lowest BCUT2D eigenvalue weighted by Gasteiger charge is -2.10. The standard InChI is InChI=1S/C16H12N4O4/c1-23-13(21)8-24-10-4-2-3-9(5-10)14-11(6-17)15(19)20-16(22)12(14)7-18/h2-5H,8H2,1H3,(H3,19,20,22). The van der Waals surface area contributed by atoms with Gasteiger partial charge in [0.25, 0.3) is 5.56 Å². The number of aromatic amines is 1. The normalized spacial score (nSPS) is 9.62. The van der Waals surface area contributed by atoms with Crippen LogP contribution in [0.1, 0.15) is 11.1 Å². The minimum Gasteiger partial charge on any atom is -0.482 e. The van der Waals surface area contributed by atoms with Crippen LogP contribution in [0.3, 0.4) is 0 Å². The second-order valence-corrected chi connectivity index (χ2v) is 4.61. The summed E-state index contributed by atoms with van der Waals surface area (Å²) < 4.78 is 9.75. The van der Waals surface area contributed by atoms with Crippen LogP contribution < -0.4 is 16.0 Å². The molecule has 0 atom stereocenters. The molecule has 8 heteroatoms. The maximum Gasteiger partial charge on any atom is 0.343 e. The van der Waals surface area contributed by atoms with E-state index in [1.807, 2.05) is 6.07 Å². The van der Waals surface area contributed by atoms with Gasteiger partial charge < -0.3 is 20.2 Å². The molecule has 0 spiro atoms. The van der Waals surface area contributed by atoms with Gasteiger partial charge in [-0.1, -0.05) is 12.1 Å². The van der Waals surface area contributed by atoms with E-state index < -0.39 is 11.5 Å². The van der Waals surface area contributed by atoms with Crippen LogP contribution in [0.2, 0.25) is 0 Å². The fourth-order valence-corrected chi connectivity index (χ4v) is 2.07. The lowest BCUT2D eigenvalue weighted by atomic mass is 9.96. The van der Waals surface area contributed by atoms with Gasteiger partial charge in [0.2, 0.25) is 0 Å². The molecule has 0 saturated heterocycles. The van der Waals surface area contributed by atoms with Gasteiger partial charge in [-0.2, -0.15) is 10.5 Å². The Morgan fingerprint density at radius 2 is 2.00 bits per heavy atom. The van der Waals surface area contributed by atoms with Crippen LogP contribution in [0.15, 0.2) is 29.1 Å². The van der Waals surface area contributed by atoms with Gasteiger partial charge in [-0.05, 0) is 17.7 Å². The fraction of sp³-hybridized carbons (Fsp3) is 0.125. The number of aromatic nitrogens is 1. The maximum absolute atomic E-state index is 11.9. The summed E-state index contributed by atoms with van der Waals surface area (Å²) in [5, 5.41) is 18.5. The van der Waals surface area contributed by atoms with Crippen molar-refractivity contribution >= 4 is 11.8 Å². The van der Waals surface area contributed by atoms with E-state index in [9.17, 15) is 20.1 Å². The van der Waals surface area contributed by atoms with E-state index in [0.717, 1.165) is 0 Å². The fourth-order valence-electron chi connectivity index (χ4n) is 2.07. The Morgan fingerprint density at radius 3 is 2.62 bits per heavy atom. The lowest BCUT2D eigenvalue weighted by molar-refractivity contribution is -0.142. The average Bonchev–Trinajstić information content (AvgIpc) is 2.59. The molecule has 0 bridgehead atoms. The summed E-state index contributed by atoms with van der Waals surface area (Å²) in [6.45, 7) is -0.298. The van der Waals surface area contributed by atoms with Crippen molar-refractivity contribution in [3.63, 3.8) is 0 Å². The zero-order chi connectivity index (χ0) is 17.7. The number of nitrogens with one attached hydrogen (secondary N) is 1. The molecular weight excluding hydrogens is 312 g/mol. The third-order valence-corrected chi connectivity index (χ3v) is 3.18. The third-order valence-electron chi connectivity index (χ3n) is 3.18. The number of methoxy groups -OCH3 is 1. The van der Waals surface area contributed by atoms with Crippen molar-refractivity contribution in [2.24, 2.45) is 0 Å². The van der Waals surface area contributed by atoms with Gasteiger partial charge in [0.15, 0.2) is 6.61 Å². The van der Waals surface area contributed by atoms with Crippen molar-refractivity contribution in [3.05, 3.63) is 45.7 Å². The topological polar surface area (TPSA) is 142 Å². The molecule has 0 radical (unpaired) electrons. The second-order valence-electron chi connectivity index (χ2n) is 4.61. The Bertz CT molecular complexity index is 935. The van der Waals surface area contributed by atoms with Crippen molar-refractivity contribution in [3.8, 4) is 29.0 Å². The summed E-state index contributed by atoms with van der Waals surface area (Å²) >= 11 is 0. The Morgan fingerprint density at radius 1 is 1.29 bits per heavy atom. The molecule has 120 valence electrons. The van der Waals surface area contributed by atoms with Gasteiger partial charge in [0.1, 0.15) is 34.8 Å². The number of carbonyl (C=O) groups excluding carboxylic acids is 1. The SMILES string of the molecule is COC(=O)COc1cccc(-c2c(C#N)c(N)[nH]c(=O)c2C#N)c1. The van der Waals surface area contributed by atoms with Crippen molar-refractivity contribution in [1.82, 2.24) is 4.98 Å². The largest absolute Gasteiger partial charge is 0.482 e. The zero-order valence-corrected chi connectivity index (χ0v) is 12.6. The van der Waals surface area contributed by atoms with E-state index in [-0.39, 0.29) is 29.1 Å². The van der Waals surface area contributed by atoms with Crippen LogP contribution in [0.25, 0.3) is 11.1 Å². The number of nitrogens with two attached hydrogens (primary N) is 1. The maximum atomic E-state index is 11.9. The lowest BCUT2D eigenvalue weighted by Crippen LogP contribution is -2.16. The molecule has 3 N–H and O–H groups in total. The summed E-state index contributed by atoms with van der Waals surface area (Å²) in [5.41, 5.74) is 5.24. The second kappa shape index (κ2) is 6.99. The van der Waals surface area contributed by atoms with Crippen molar-refractivity contribution < 1.29 is 14.3 Å². The molecule has 1 aromatic heterocycles. The van der Waals surface area contributed by atoms with Crippen LogP contribution >= 0.6 is 0 Å². The summed E-state index contributed by atoms with van der Waals surface area (Å²) in [7, 11) is 1.24. The first kappa shape index (κ1) is 16.6. The van der Waals surface area contributed by atoms with Gasteiger partial charge in [-0.3, -0.25) is 4.79 Å². The molecule has 24 heavy (non-hydrogen) atoms. The molecule has 1 heterocycles. The summed E-state index contributed by atoms with van der Waals surface area (Å²) in [4.78, 5) is 25.3. The van der Waals surface area contributed by atoms with E-state index in [4.69, 9.17) is 10.5 Å². The van der Waals surface area contributed by atoms with E-state index in [1.165, 1.54) is 13.2 Å². The highest BCUT2D eigenvalue weighted by atomic mass is 16.6. The molecule has 0 saturated carbocycles. The number of carbonyl (C=O) groups is 1. The molecule has 0 aliphatic heterocycles. The van der Waals surface area contributed by atoms with Gasteiger partial charge in [0, 0.05) is 5.56 Å². The quantitative estimate of drug-likeness (QED) is 0.796. The van der Waals surface area contributed by atoms with Crippen molar-refractivity contribution in [2.75, 3.05) is 19.5 Å². The smallest absolute Gasteiger partial charge is 0.343 e. The number of ether oxygens (including phenoxy) is 2. The molecule has 0 amide bonds. The highest BCUT2D eigenvalue weighted by molar-refractivity contribution is 5.80. The minimum atomic E-state index is -0.690. The number of hydrogen-bond acceptors (Lipinski definition) is 7. The van der Waals surface area contributed by atoms with Crippen LogP contribution in [0.5, 0.6) is 5.75 Å². The highest BCUT2D eigenvalue weighted by Gasteiger charge is 2.18. The average molecular weight is 324 g/mol.